The quantitative estimate of drug-likeness (QED) is 0.716. The fourth-order valence-electron chi connectivity index (χ4n) is 3.46. The molecule has 0 saturated carbocycles. The molecule has 0 aromatic heterocycles. The third kappa shape index (κ3) is 2.42. The highest BCUT2D eigenvalue weighted by Crippen LogP contribution is 2.44. The van der Waals surface area contributed by atoms with Gasteiger partial charge in [-0.2, -0.15) is 0 Å². The minimum atomic E-state index is -0.0768. The number of rotatable bonds is 2. The van der Waals surface area contributed by atoms with Crippen LogP contribution in [-0.2, 0) is 4.79 Å². The lowest BCUT2D eigenvalue weighted by molar-refractivity contribution is -0.116. The van der Waals surface area contributed by atoms with Crippen LogP contribution in [0.3, 0.4) is 0 Å². The summed E-state index contributed by atoms with van der Waals surface area (Å²) in [5, 5.41) is 5.84. The number of hydrogen-bond donors (Lipinski definition) is 1. The lowest BCUT2D eigenvalue weighted by Crippen LogP contribution is -2.24. The molecule has 1 aliphatic heterocycles. The molecular formula is C20H16ClNO2. The van der Waals surface area contributed by atoms with Gasteiger partial charge in [0.1, 0.15) is 5.75 Å². The summed E-state index contributed by atoms with van der Waals surface area (Å²) in [6, 6.07) is 17.8. The number of carbonyl (C=O) groups excluding carboxylic acids is 1. The van der Waals surface area contributed by atoms with Crippen LogP contribution >= 0.6 is 11.6 Å². The molecule has 0 unspecified atom stereocenters. The van der Waals surface area contributed by atoms with Gasteiger partial charge in [-0.3, -0.25) is 4.79 Å². The van der Waals surface area contributed by atoms with Crippen molar-refractivity contribution in [2.75, 3.05) is 12.4 Å². The fraction of sp³-hybridized carbons (Fsp3) is 0.150. The first-order chi connectivity index (χ1) is 11.7. The monoisotopic (exact) mass is 337 g/mol. The minimum absolute atomic E-state index is 0.00545. The molecule has 0 aliphatic carbocycles. The molecule has 0 bridgehead atoms. The van der Waals surface area contributed by atoms with E-state index in [1.54, 1.807) is 13.2 Å². The molecule has 1 amide bonds. The topological polar surface area (TPSA) is 38.3 Å². The Morgan fingerprint density at radius 2 is 1.92 bits per heavy atom. The largest absolute Gasteiger partial charge is 0.496 e. The zero-order valence-electron chi connectivity index (χ0n) is 13.2. The second-order valence-corrected chi connectivity index (χ2v) is 6.38. The van der Waals surface area contributed by atoms with Crippen LogP contribution in [0.1, 0.15) is 23.5 Å². The second-order valence-electron chi connectivity index (χ2n) is 5.94. The third-order valence-electron chi connectivity index (χ3n) is 4.56. The number of ether oxygens (including phenoxy) is 1. The Kier molecular flexibility index (Phi) is 3.66. The molecule has 0 spiro atoms. The zero-order valence-corrected chi connectivity index (χ0v) is 13.9. The van der Waals surface area contributed by atoms with E-state index in [-0.39, 0.29) is 11.8 Å². The van der Waals surface area contributed by atoms with Gasteiger partial charge >= 0.3 is 0 Å². The Labute approximate surface area is 145 Å². The van der Waals surface area contributed by atoms with Gasteiger partial charge in [-0.25, -0.2) is 0 Å². The molecule has 120 valence electrons. The first kappa shape index (κ1) is 15.0. The molecule has 1 heterocycles. The number of methoxy groups -OCH3 is 1. The summed E-state index contributed by atoms with van der Waals surface area (Å²) in [4.78, 5) is 12.4. The molecule has 24 heavy (non-hydrogen) atoms. The van der Waals surface area contributed by atoms with E-state index in [1.807, 2.05) is 36.4 Å². The number of benzene rings is 3. The molecule has 4 heteroatoms. The highest BCUT2D eigenvalue weighted by Gasteiger charge is 2.29. The number of fused-ring (bicyclic) bond motifs is 3. The number of anilines is 1. The van der Waals surface area contributed by atoms with Gasteiger partial charge in [0, 0.05) is 28.3 Å². The molecular weight excluding hydrogens is 322 g/mol. The van der Waals surface area contributed by atoms with Crippen molar-refractivity contribution < 1.29 is 9.53 Å². The summed E-state index contributed by atoms with van der Waals surface area (Å²) in [6.07, 6.45) is 0.377. The molecule has 0 fully saturated rings. The summed E-state index contributed by atoms with van der Waals surface area (Å²) in [5.41, 5.74) is 2.92. The van der Waals surface area contributed by atoms with E-state index in [0.29, 0.717) is 11.4 Å². The summed E-state index contributed by atoms with van der Waals surface area (Å²) in [6.45, 7) is 0. The Bertz CT molecular complexity index is 952. The van der Waals surface area contributed by atoms with Gasteiger partial charge in [-0.05, 0) is 29.1 Å². The van der Waals surface area contributed by atoms with Gasteiger partial charge in [-0.15, -0.1) is 0 Å². The van der Waals surface area contributed by atoms with E-state index >= 15 is 0 Å². The standard InChI is InChI=1S/C20H16ClNO2/c1-24-18-9-7-13(21)10-17(18)16-11-19(23)22-20-14-5-3-2-4-12(14)6-8-15(16)20/h2-10,16H,11H2,1H3,(H,22,23)/t16-/m0/s1. The van der Waals surface area contributed by atoms with Gasteiger partial charge < -0.3 is 10.1 Å². The predicted octanol–water partition coefficient (Wildman–Crippen LogP) is 4.98. The number of hydrogen-bond acceptors (Lipinski definition) is 2. The van der Waals surface area contributed by atoms with Crippen LogP contribution in [0.2, 0.25) is 5.02 Å². The maximum Gasteiger partial charge on any atom is 0.225 e. The summed E-state index contributed by atoms with van der Waals surface area (Å²) in [7, 11) is 1.64. The highest BCUT2D eigenvalue weighted by atomic mass is 35.5. The number of halogens is 1. The molecule has 1 atom stereocenters. The van der Waals surface area contributed by atoms with Crippen molar-refractivity contribution in [3.63, 3.8) is 0 Å². The van der Waals surface area contributed by atoms with Crippen LogP contribution in [0.25, 0.3) is 10.8 Å². The minimum Gasteiger partial charge on any atom is -0.496 e. The molecule has 3 nitrogen and oxygen atoms in total. The van der Waals surface area contributed by atoms with Crippen molar-refractivity contribution in [1.29, 1.82) is 0 Å². The Hall–Kier alpha value is -2.52. The van der Waals surface area contributed by atoms with Crippen LogP contribution in [-0.4, -0.2) is 13.0 Å². The van der Waals surface area contributed by atoms with Gasteiger partial charge in [-0.1, -0.05) is 48.0 Å². The SMILES string of the molecule is COc1ccc(Cl)cc1[C@H]1CC(=O)Nc2c1ccc1ccccc21. The lowest BCUT2D eigenvalue weighted by Gasteiger charge is -2.28. The van der Waals surface area contributed by atoms with Crippen molar-refractivity contribution in [3.05, 3.63) is 70.7 Å². The van der Waals surface area contributed by atoms with Crippen molar-refractivity contribution in [1.82, 2.24) is 0 Å². The summed E-state index contributed by atoms with van der Waals surface area (Å²) < 4.78 is 5.50. The van der Waals surface area contributed by atoms with Crippen molar-refractivity contribution in [3.8, 4) is 5.75 Å². The molecule has 0 saturated heterocycles. The van der Waals surface area contributed by atoms with E-state index in [4.69, 9.17) is 16.3 Å². The van der Waals surface area contributed by atoms with E-state index in [9.17, 15) is 4.79 Å². The molecule has 3 aromatic rings. The number of nitrogens with one attached hydrogen (secondary N) is 1. The van der Waals surface area contributed by atoms with Crippen LogP contribution in [0.5, 0.6) is 5.75 Å². The average molecular weight is 338 g/mol. The first-order valence-electron chi connectivity index (χ1n) is 7.82. The van der Waals surface area contributed by atoms with Gasteiger partial charge in [0.05, 0.1) is 12.8 Å². The fourth-order valence-corrected chi connectivity index (χ4v) is 3.64. The smallest absolute Gasteiger partial charge is 0.225 e. The van der Waals surface area contributed by atoms with E-state index in [0.717, 1.165) is 33.3 Å². The molecule has 3 aromatic carbocycles. The van der Waals surface area contributed by atoms with Crippen LogP contribution in [0.4, 0.5) is 5.69 Å². The molecule has 0 radical (unpaired) electrons. The Morgan fingerprint density at radius 3 is 2.75 bits per heavy atom. The lowest BCUT2D eigenvalue weighted by atomic mass is 9.83. The number of carbonyl (C=O) groups is 1. The molecule has 1 N–H and O–H groups in total. The third-order valence-corrected chi connectivity index (χ3v) is 4.79. The summed E-state index contributed by atoms with van der Waals surface area (Å²) >= 11 is 6.20. The van der Waals surface area contributed by atoms with Gasteiger partial charge in [0.15, 0.2) is 0 Å². The summed E-state index contributed by atoms with van der Waals surface area (Å²) in [5.74, 6) is 0.677. The maximum absolute atomic E-state index is 12.4. The maximum atomic E-state index is 12.4. The molecule has 1 aliphatic rings. The van der Waals surface area contributed by atoms with Gasteiger partial charge in [0.25, 0.3) is 0 Å². The molecule has 4 rings (SSSR count). The normalized spacial score (nSPS) is 16.6. The van der Waals surface area contributed by atoms with Crippen molar-refractivity contribution >= 4 is 34.0 Å². The Morgan fingerprint density at radius 1 is 1.08 bits per heavy atom. The zero-order chi connectivity index (χ0) is 16.7. The van der Waals surface area contributed by atoms with E-state index < -0.39 is 0 Å². The van der Waals surface area contributed by atoms with E-state index in [1.165, 1.54) is 0 Å². The predicted molar refractivity (Wildman–Crippen MR) is 97.0 cm³/mol. The van der Waals surface area contributed by atoms with Crippen molar-refractivity contribution in [2.24, 2.45) is 0 Å². The highest BCUT2D eigenvalue weighted by molar-refractivity contribution is 6.30. The van der Waals surface area contributed by atoms with Gasteiger partial charge in [0.2, 0.25) is 5.91 Å². The second kappa shape index (κ2) is 5.84. The average Bonchev–Trinajstić information content (AvgIpc) is 2.61. The number of amides is 1. The van der Waals surface area contributed by atoms with Crippen LogP contribution in [0.15, 0.2) is 54.6 Å². The Balaban J connectivity index is 1.96. The first-order valence-corrected chi connectivity index (χ1v) is 8.20. The van der Waals surface area contributed by atoms with E-state index in [2.05, 4.69) is 17.4 Å². The van der Waals surface area contributed by atoms with Crippen LogP contribution < -0.4 is 10.1 Å². The van der Waals surface area contributed by atoms with Crippen LogP contribution in [0, 0.1) is 0 Å². The van der Waals surface area contributed by atoms with Crippen molar-refractivity contribution in [2.45, 2.75) is 12.3 Å².